The van der Waals surface area contributed by atoms with Crippen molar-refractivity contribution in [1.82, 2.24) is 0 Å². The number of ether oxygens (including phenoxy) is 2. The smallest absolute Gasteiger partial charge is 0.231 e. The Bertz CT molecular complexity index is 1130. The van der Waals surface area contributed by atoms with Gasteiger partial charge in [0.2, 0.25) is 5.78 Å². The van der Waals surface area contributed by atoms with Crippen LogP contribution in [0, 0.1) is 13.8 Å². The van der Waals surface area contributed by atoms with Crippen LogP contribution in [0.25, 0.3) is 6.08 Å². The Labute approximate surface area is 179 Å². The van der Waals surface area contributed by atoms with Crippen molar-refractivity contribution in [3.05, 3.63) is 98.2 Å². The number of hydrogen-bond donors (Lipinski definition) is 0. The van der Waals surface area contributed by atoms with Crippen LogP contribution in [0.1, 0.15) is 32.6 Å². The highest BCUT2D eigenvalue weighted by Crippen LogP contribution is 2.40. The first kappa shape index (κ1) is 19.6. The second-order valence-electron chi connectivity index (χ2n) is 6.86. The summed E-state index contributed by atoms with van der Waals surface area (Å²) in [7, 11) is 0. The minimum Gasteiger partial charge on any atom is -0.488 e. The van der Waals surface area contributed by atoms with Crippen LogP contribution in [-0.2, 0) is 6.61 Å². The largest absolute Gasteiger partial charge is 0.488 e. The molecule has 0 saturated heterocycles. The Balaban J connectivity index is 1.62. The SMILES string of the molecule is Cc1ccccc1COc1ccc2c(c1C)O/C(=C\c1c(Cl)cccc1Cl)C2=O. The summed E-state index contributed by atoms with van der Waals surface area (Å²) in [5, 5.41) is 0.910. The van der Waals surface area contributed by atoms with E-state index >= 15 is 0 Å². The fourth-order valence-corrected chi connectivity index (χ4v) is 3.74. The van der Waals surface area contributed by atoms with E-state index in [1.807, 2.05) is 38.1 Å². The van der Waals surface area contributed by atoms with Crippen molar-refractivity contribution in [1.29, 1.82) is 0 Å². The number of benzene rings is 3. The number of halogens is 2. The van der Waals surface area contributed by atoms with Crippen LogP contribution < -0.4 is 9.47 Å². The van der Waals surface area contributed by atoms with E-state index in [0.29, 0.717) is 39.3 Å². The zero-order valence-corrected chi connectivity index (χ0v) is 17.5. The Morgan fingerprint density at radius 2 is 1.69 bits per heavy atom. The molecule has 1 aliphatic rings. The molecule has 1 aliphatic heterocycles. The lowest BCUT2D eigenvalue weighted by molar-refractivity contribution is 0.101. The standard InChI is InChI=1S/C24H18Cl2O3/c1-14-6-3-4-7-16(14)13-28-21-11-10-17-23(27)22(29-24(17)15(21)2)12-18-19(25)8-5-9-20(18)26/h3-12H,13H2,1-2H3/b22-12-. The second kappa shape index (κ2) is 7.94. The third-order valence-electron chi connectivity index (χ3n) is 4.96. The molecule has 0 saturated carbocycles. The summed E-state index contributed by atoms with van der Waals surface area (Å²) in [4.78, 5) is 12.8. The van der Waals surface area contributed by atoms with Crippen LogP contribution in [0.4, 0.5) is 0 Å². The van der Waals surface area contributed by atoms with E-state index in [0.717, 1.165) is 11.1 Å². The van der Waals surface area contributed by atoms with E-state index in [-0.39, 0.29) is 11.5 Å². The van der Waals surface area contributed by atoms with Crippen molar-refractivity contribution >= 4 is 35.1 Å². The van der Waals surface area contributed by atoms with Crippen LogP contribution in [0.5, 0.6) is 11.5 Å². The van der Waals surface area contributed by atoms with Crippen LogP contribution in [0.15, 0.2) is 60.4 Å². The van der Waals surface area contributed by atoms with Gasteiger partial charge in [-0.3, -0.25) is 4.79 Å². The summed E-state index contributed by atoms with van der Waals surface area (Å²) in [6.07, 6.45) is 1.58. The average molecular weight is 425 g/mol. The molecule has 0 fully saturated rings. The van der Waals surface area contributed by atoms with Crippen molar-refractivity contribution in [3.8, 4) is 11.5 Å². The lowest BCUT2D eigenvalue weighted by atomic mass is 10.1. The first-order valence-electron chi connectivity index (χ1n) is 9.15. The fourth-order valence-electron chi connectivity index (χ4n) is 3.23. The first-order chi connectivity index (χ1) is 14.0. The van der Waals surface area contributed by atoms with Gasteiger partial charge in [-0.2, -0.15) is 0 Å². The molecule has 146 valence electrons. The number of carbonyl (C=O) groups excluding carboxylic acids is 1. The molecule has 3 nitrogen and oxygen atoms in total. The molecule has 1 heterocycles. The molecule has 0 bridgehead atoms. The number of Topliss-reactive ketones (excluding diaryl/α,β-unsaturated/α-hetero) is 1. The monoisotopic (exact) mass is 424 g/mol. The normalized spacial score (nSPS) is 14.1. The molecule has 0 atom stereocenters. The van der Waals surface area contributed by atoms with Crippen molar-refractivity contribution in [3.63, 3.8) is 0 Å². The number of allylic oxidation sites excluding steroid dienone is 1. The zero-order valence-electron chi connectivity index (χ0n) is 16.0. The van der Waals surface area contributed by atoms with Gasteiger partial charge in [-0.05, 0) is 55.3 Å². The quantitative estimate of drug-likeness (QED) is 0.431. The van der Waals surface area contributed by atoms with Gasteiger partial charge in [-0.15, -0.1) is 0 Å². The van der Waals surface area contributed by atoms with E-state index in [1.54, 1.807) is 36.4 Å². The van der Waals surface area contributed by atoms with Crippen molar-refractivity contribution in [2.24, 2.45) is 0 Å². The highest BCUT2D eigenvalue weighted by Gasteiger charge is 2.30. The van der Waals surface area contributed by atoms with Crippen LogP contribution in [-0.4, -0.2) is 5.78 Å². The van der Waals surface area contributed by atoms with Crippen molar-refractivity contribution < 1.29 is 14.3 Å². The molecule has 3 aromatic rings. The van der Waals surface area contributed by atoms with Gasteiger partial charge >= 0.3 is 0 Å². The Morgan fingerprint density at radius 3 is 2.41 bits per heavy atom. The Kier molecular flexibility index (Phi) is 5.35. The van der Waals surface area contributed by atoms with E-state index in [4.69, 9.17) is 32.7 Å². The van der Waals surface area contributed by atoms with Gasteiger partial charge in [0.05, 0.1) is 5.56 Å². The molecule has 5 heteroatoms. The Morgan fingerprint density at radius 1 is 0.966 bits per heavy atom. The predicted molar refractivity (Wildman–Crippen MR) is 116 cm³/mol. The highest BCUT2D eigenvalue weighted by atomic mass is 35.5. The molecule has 0 spiro atoms. The number of carbonyl (C=O) groups is 1. The molecule has 0 radical (unpaired) electrons. The van der Waals surface area contributed by atoms with E-state index in [1.165, 1.54) is 5.56 Å². The van der Waals surface area contributed by atoms with Gasteiger partial charge < -0.3 is 9.47 Å². The fraction of sp³-hybridized carbons (Fsp3) is 0.125. The minimum absolute atomic E-state index is 0.189. The topological polar surface area (TPSA) is 35.5 Å². The number of fused-ring (bicyclic) bond motifs is 1. The van der Waals surface area contributed by atoms with Gasteiger partial charge in [0.15, 0.2) is 5.76 Å². The molecule has 0 N–H and O–H groups in total. The first-order valence-corrected chi connectivity index (χ1v) is 9.90. The maximum absolute atomic E-state index is 12.8. The molecular weight excluding hydrogens is 407 g/mol. The van der Waals surface area contributed by atoms with Crippen molar-refractivity contribution in [2.45, 2.75) is 20.5 Å². The summed E-state index contributed by atoms with van der Waals surface area (Å²) >= 11 is 12.4. The summed E-state index contributed by atoms with van der Waals surface area (Å²) < 4.78 is 11.9. The van der Waals surface area contributed by atoms with Gasteiger partial charge in [0.1, 0.15) is 18.1 Å². The number of rotatable bonds is 4. The number of aryl methyl sites for hydroxylation is 1. The minimum atomic E-state index is -0.204. The maximum Gasteiger partial charge on any atom is 0.231 e. The van der Waals surface area contributed by atoms with Crippen LogP contribution in [0.2, 0.25) is 10.0 Å². The Hall–Kier alpha value is -2.75. The zero-order chi connectivity index (χ0) is 20.5. The third-order valence-corrected chi connectivity index (χ3v) is 5.62. The van der Waals surface area contributed by atoms with E-state index < -0.39 is 0 Å². The summed E-state index contributed by atoms with van der Waals surface area (Å²) in [6.45, 7) is 4.37. The molecular formula is C24H18Cl2O3. The van der Waals surface area contributed by atoms with Gasteiger partial charge in [0.25, 0.3) is 0 Å². The van der Waals surface area contributed by atoms with Crippen LogP contribution >= 0.6 is 23.2 Å². The summed E-state index contributed by atoms with van der Waals surface area (Å²) in [5.41, 5.74) is 4.11. The lowest BCUT2D eigenvalue weighted by Gasteiger charge is -2.12. The van der Waals surface area contributed by atoms with Crippen LogP contribution in [0.3, 0.4) is 0 Å². The summed E-state index contributed by atoms with van der Waals surface area (Å²) in [6, 6.07) is 16.8. The molecule has 0 aromatic heterocycles. The van der Waals surface area contributed by atoms with Gasteiger partial charge in [-0.1, -0.05) is 53.5 Å². The third kappa shape index (κ3) is 3.76. The maximum atomic E-state index is 12.8. The molecule has 3 aromatic carbocycles. The molecule has 4 rings (SSSR count). The van der Waals surface area contributed by atoms with E-state index in [2.05, 4.69) is 0 Å². The molecule has 0 amide bonds. The molecule has 29 heavy (non-hydrogen) atoms. The summed E-state index contributed by atoms with van der Waals surface area (Å²) in [5.74, 6) is 1.17. The molecule has 0 unspecified atom stereocenters. The number of hydrogen-bond acceptors (Lipinski definition) is 3. The van der Waals surface area contributed by atoms with Crippen molar-refractivity contribution in [2.75, 3.05) is 0 Å². The second-order valence-corrected chi connectivity index (χ2v) is 7.67. The average Bonchev–Trinajstić information content (AvgIpc) is 3.02. The highest BCUT2D eigenvalue weighted by molar-refractivity contribution is 6.37. The predicted octanol–water partition coefficient (Wildman–Crippen LogP) is 6.81. The van der Waals surface area contributed by atoms with Gasteiger partial charge in [0, 0.05) is 21.2 Å². The van der Waals surface area contributed by atoms with E-state index in [9.17, 15) is 4.79 Å². The van der Waals surface area contributed by atoms with Gasteiger partial charge in [-0.25, -0.2) is 0 Å². The number of ketones is 1. The molecule has 0 aliphatic carbocycles. The lowest BCUT2D eigenvalue weighted by Crippen LogP contribution is -2.00.